The molecule has 5 heteroatoms. The highest BCUT2D eigenvalue weighted by Crippen LogP contribution is 2.22. The van der Waals surface area contributed by atoms with Gasteiger partial charge in [-0.1, -0.05) is 62.4 Å². The number of benzene rings is 2. The minimum atomic E-state index is -0.301. The first-order valence-electron chi connectivity index (χ1n) is 7.91. The molecule has 0 radical (unpaired) electrons. The van der Waals surface area contributed by atoms with E-state index in [4.69, 9.17) is 0 Å². The molecule has 1 amide bonds. The van der Waals surface area contributed by atoms with Crippen LogP contribution >= 0.6 is 0 Å². The molecule has 24 heavy (non-hydrogen) atoms. The smallest absolute Gasteiger partial charge is 0.272 e. The molecule has 0 aliphatic carbocycles. The van der Waals surface area contributed by atoms with Crippen LogP contribution < -0.4 is 10.9 Å². The van der Waals surface area contributed by atoms with Crippen LogP contribution in [-0.2, 0) is 0 Å². The lowest BCUT2D eigenvalue weighted by Gasteiger charge is -2.23. The Morgan fingerprint density at radius 2 is 1.62 bits per heavy atom. The van der Waals surface area contributed by atoms with Crippen LogP contribution in [0.4, 0.5) is 0 Å². The highest BCUT2D eigenvalue weighted by molar-refractivity contribution is 6.04. The fourth-order valence-corrected chi connectivity index (χ4v) is 2.79. The van der Waals surface area contributed by atoms with Crippen molar-refractivity contribution in [2.45, 2.75) is 19.9 Å². The van der Waals surface area contributed by atoms with E-state index in [1.165, 1.54) is 0 Å². The maximum atomic E-state index is 12.8. The standard InChI is InChI=1S/C19H19N3O2/c1-12(2)16(13-8-4-3-5-9-13)20-19(24)17-14-10-6-7-11-15(14)18(23)22-21-17/h3-12,16H,1-2H3,(H,20,24)(H,22,23)/t16-/m1/s1. The Bertz CT molecular complexity index is 917. The van der Waals surface area contributed by atoms with Gasteiger partial charge in [0.05, 0.1) is 11.4 Å². The first-order valence-corrected chi connectivity index (χ1v) is 7.91. The number of aromatic amines is 1. The minimum absolute atomic E-state index is 0.133. The largest absolute Gasteiger partial charge is 0.344 e. The van der Waals surface area contributed by atoms with Gasteiger partial charge in [0, 0.05) is 5.39 Å². The van der Waals surface area contributed by atoms with Crippen LogP contribution in [0.25, 0.3) is 10.8 Å². The van der Waals surface area contributed by atoms with E-state index in [0.29, 0.717) is 10.8 Å². The predicted molar refractivity (Wildman–Crippen MR) is 93.9 cm³/mol. The molecule has 0 fully saturated rings. The van der Waals surface area contributed by atoms with Crippen LogP contribution in [0.1, 0.15) is 35.9 Å². The van der Waals surface area contributed by atoms with Crippen molar-refractivity contribution in [2.24, 2.45) is 5.92 Å². The second-order valence-electron chi connectivity index (χ2n) is 6.05. The molecule has 1 heterocycles. The van der Waals surface area contributed by atoms with Crippen molar-refractivity contribution in [2.75, 3.05) is 0 Å². The Morgan fingerprint density at radius 1 is 1.00 bits per heavy atom. The van der Waals surface area contributed by atoms with Crippen molar-refractivity contribution >= 4 is 16.7 Å². The maximum Gasteiger partial charge on any atom is 0.272 e. The van der Waals surface area contributed by atoms with Crippen LogP contribution in [0, 0.1) is 5.92 Å². The summed E-state index contributed by atoms with van der Waals surface area (Å²) in [5, 5.41) is 10.4. The van der Waals surface area contributed by atoms with E-state index in [9.17, 15) is 9.59 Å². The Hall–Kier alpha value is -2.95. The van der Waals surface area contributed by atoms with Crippen molar-refractivity contribution in [1.82, 2.24) is 15.5 Å². The van der Waals surface area contributed by atoms with Gasteiger partial charge in [-0.3, -0.25) is 9.59 Å². The molecular weight excluding hydrogens is 302 g/mol. The third-order valence-electron chi connectivity index (χ3n) is 4.02. The molecule has 1 aromatic heterocycles. The zero-order valence-electron chi connectivity index (χ0n) is 13.6. The molecule has 2 N–H and O–H groups in total. The molecule has 1 atom stereocenters. The first kappa shape index (κ1) is 15.9. The lowest BCUT2D eigenvalue weighted by molar-refractivity contribution is 0.0921. The monoisotopic (exact) mass is 321 g/mol. The van der Waals surface area contributed by atoms with E-state index in [-0.39, 0.29) is 29.1 Å². The van der Waals surface area contributed by atoms with Crippen molar-refractivity contribution in [3.05, 3.63) is 76.2 Å². The molecule has 0 aliphatic heterocycles. The van der Waals surface area contributed by atoms with Gasteiger partial charge >= 0.3 is 0 Å². The highest BCUT2D eigenvalue weighted by Gasteiger charge is 2.21. The van der Waals surface area contributed by atoms with Gasteiger partial charge in [-0.15, -0.1) is 0 Å². The number of hydrogen-bond donors (Lipinski definition) is 2. The quantitative estimate of drug-likeness (QED) is 0.775. The third kappa shape index (κ3) is 3.06. The van der Waals surface area contributed by atoms with Gasteiger partial charge < -0.3 is 5.32 Å². The number of fused-ring (bicyclic) bond motifs is 1. The van der Waals surface area contributed by atoms with E-state index in [0.717, 1.165) is 5.56 Å². The number of carbonyl (C=O) groups excluding carboxylic acids is 1. The number of amides is 1. The van der Waals surface area contributed by atoms with Gasteiger partial charge in [-0.25, -0.2) is 5.10 Å². The summed E-state index contributed by atoms with van der Waals surface area (Å²) in [6.45, 7) is 4.10. The SMILES string of the molecule is CC(C)[C@@H](NC(=O)c1n[nH]c(=O)c2ccccc12)c1ccccc1. The number of carbonyl (C=O) groups is 1. The zero-order chi connectivity index (χ0) is 17.1. The summed E-state index contributed by atoms with van der Waals surface area (Å²) in [6.07, 6.45) is 0. The van der Waals surface area contributed by atoms with E-state index in [1.807, 2.05) is 30.3 Å². The fraction of sp³-hybridized carbons (Fsp3) is 0.211. The Morgan fingerprint density at radius 3 is 2.29 bits per heavy atom. The normalized spacial score (nSPS) is 12.3. The van der Waals surface area contributed by atoms with E-state index < -0.39 is 0 Å². The number of rotatable bonds is 4. The summed E-state index contributed by atoms with van der Waals surface area (Å²) in [4.78, 5) is 24.6. The van der Waals surface area contributed by atoms with Gasteiger partial charge in [0.1, 0.15) is 0 Å². The Balaban J connectivity index is 1.97. The summed E-state index contributed by atoms with van der Waals surface area (Å²) in [5.74, 6) is -0.0876. The number of hydrogen-bond acceptors (Lipinski definition) is 3. The average molecular weight is 321 g/mol. The molecule has 0 spiro atoms. The zero-order valence-corrected chi connectivity index (χ0v) is 13.6. The molecule has 0 aliphatic rings. The summed E-state index contributed by atoms with van der Waals surface area (Å²) >= 11 is 0. The van der Waals surface area contributed by atoms with Gasteiger partial charge in [0.2, 0.25) is 0 Å². The second-order valence-corrected chi connectivity index (χ2v) is 6.05. The molecule has 3 aromatic rings. The Kier molecular flexibility index (Phi) is 4.42. The van der Waals surface area contributed by atoms with Gasteiger partial charge in [0.15, 0.2) is 5.69 Å². The molecule has 0 saturated heterocycles. The van der Waals surface area contributed by atoms with Gasteiger partial charge in [-0.05, 0) is 17.5 Å². The van der Waals surface area contributed by atoms with Crippen LogP contribution in [0.2, 0.25) is 0 Å². The minimum Gasteiger partial charge on any atom is -0.344 e. The predicted octanol–water partition coefficient (Wildman–Crippen LogP) is 3.05. The fourth-order valence-electron chi connectivity index (χ4n) is 2.79. The average Bonchev–Trinajstić information content (AvgIpc) is 2.60. The third-order valence-corrected chi connectivity index (χ3v) is 4.02. The molecule has 3 rings (SSSR count). The van der Waals surface area contributed by atoms with Crippen LogP contribution in [0.15, 0.2) is 59.4 Å². The maximum absolute atomic E-state index is 12.8. The summed E-state index contributed by atoms with van der Waals surface area (Å²) in [7, 11) is 0. The lowest BCUT2D eigenvalue weighted by atomic mass is 9.96. The van der Waals surface area contributed by atoms with E-state index in [1.54, 1.807) is 24.3 Å². The van der Waals surface area contributed by atoms with Crippen molar-refractivity contribution in [3.8, 4) is 0 Å². The summed E-state index contributed by atoms with van der Waals surface area (Å²) < 4.78 is 0. The number of H-pyrrole nitrogens is 1. The molecule has 2 aromatic carbocycles. The van der Waals surface area contributed by atoms with Crippen LogP contribution in [-0.4, -0.2) is 16.1 Å². The second kappa shape index (κ2) is 6.66. The van der Waals surface area contributed by atoms with E-state index in [2.05, 4.69) is 29.4 Å². The first-order chi connectivity index (χ1) is 11.6. The molecule has 0 bridgehead atoms. The molecule has 0 unspecified atom stereocenters. The van der Waals surface area contributed by atoms with Crippen molar-refractivity contribution < 1.29 is 4.79 Å². The highest BCUT2D eigenvalue weighted by atomic mass is 16.2. The molecular formula is C19H19N3O2. The summed E-state index contributed by atoms with van der Waals surface area (Å²) in [6, 6.07) is 16.7. The number of nitrogens with one attached hydrogen (secondary N) is 2. The number of nitrogens with zero attached hydrogens (tertiary/aromatic N) is 1. The topological polar surface area (TPSA) is 74.8 Å². The lowest BCUT2D eigenvalue weighted by Crippen LogP contribution is -2.33. The van der Waals surface area contributed by atoms with Crippen LogP contribution in [0.3, 0.4) is 0 Å². The molecule has 122 valence electrons. The van der Waals surface area contributed by atoms with E-state index >= 15 is 0 Å². The Labute approximate surface area is 139 Å². The molecule has 0 saturated carbocycles. The summed E-state index contributed by atoms with van der Waals surface area (Å²) in [5.41, 5.74) is 0.965. The van der Waals surface area contributed by atoms with Crippen molar-refractivity contribution in [3.63, 3.8) is 0 Å². The van der Waals surface area contributed by atoms with Gasteiger partial charge in [-0.2, -0.15) is 5.10 Å². The van der Waals surface area contributed by atoms with Crippen molar-refractivity contribution in [1.29, 1.82) is 0 Å². The number of aromatic nitrogens is 2. The molecule has 5 nitrogen and oxygen atoms in total. The van der Waals surface area contributed by atoms with Gasteiger partial charge in [0.25, 0.3) is 11.5 Å². The van der Waals surface area contributed by atoms with Crippen LogP contribution in [0.5, 0.6) is 0 Å².